The van der Waals surface area contributed by atoms with Gasteiger partial charge in [-0.05, 0) is 71.4 Å². The smallest absolute Gasteiger partial charge is 0.123 e. The highest BCUT2D eigenvalue weighted by atomic mass is 79.9. The minimum Gasteiger partial charge on any atom is -0.303 e. The lowest BCUT2D eigenvalue weighted by atomic mass is 9.93. The Morgan fingerprint density at radius 1 is 1.35 bits per heavy atom. The molecule has 0 saturated heterocycles. The van der Waals surface area contributed by atoms with E-state index in [0.29, 0.717) is 6.04 Å². The van der Waals surface area contributed by atoms with Crippen LogP contribution in [0, 0.1) is 5.82 Å². The molecule has 3 rings (SSSR count). The lowest BCUT2D eigenvalue weighted by molar-refractivity contribution is 0.418. The van der Waals surface area contributed by atoms with Crippen LogP contribution in [-0.4, -0.2) is 0 Å². The third kappa shape index (κ3) is 2.97. The second-order valence-corrected chi connectivity index (χ2v) is 7.83. The molecule has 0 saturated carbocycles. The minimum absolute atomic E-state index is 0.178. The Morgan fingerprint density at radius 2 is 2.10 bits per heavy atom. The van der Waals surface area contributed by atoms with Crippen molar-refractivity contribution in [3.05, 3.63) is 55.9 Å². The summed E-state index contributed by atoms with van der Waals surface area (Å²) in [5.74, 6) is -0.178. The zero-order valence-corrected chi connectivity index (χ0v) is 13.7. The molecule has 1 aromatic carbocycles. The van der Waals surface area contributed by atoms with Crippen LogP contribution in [-0.2, 0) is 6.42 Å². The molecule has 20 heavy (non-hydrogen) atoms. The van der Waals surface area contributed by atoms with E-state index in [1.54, 1.807) is 0 Å². The molecule has 1 aromatic heterocycles. The van der Waals surface area contributed by atoms with Crippen molar-refractivity contribution in [2.24, 2.45) is 0 Å². The maximum Gasteiger partial charge on any atom is 0.123 e. The highest BCUT2D eigenvalue weighted by molar-refractivity contribution is 9.11. The van der Waals surface area contributed by atoms with Gasteiger partial charge in [0.15, 0.2) is 0 Å². The van der Waals surface area contributed by atoms with E-state index in [9.17, 15) is 4.39 Å². The van der Waals surface area contributed by atoms with Gasteiger partial charge in [0.05, 0.1) is 3.79 Å². The number of hydrogen-bond donors (Lipinski definition) is 1. The quantitative estimate of drug-likeness (QED) is 0.781. The van der Waals surface area contributed by atoms with E-state index in [2.05, 4.69) is 34.2 Å². The SMILES string of the molecule is CC(NC1CCCc2sc(Br)cc21)c1ccc(F)cc1. The fourth-order valence-electron chi connectivity index (χ4n) is 2.84. The number of hydrogen-bond acceptors (Lipinski definition) is 2. The maximum atomic E-state index is 13.0. The van der Waals surface area contributed by atoms with E-state index >= 15 is 0 Å². The molecule has 0 aliphatic heterocycles. The first-order valence-electron chi connectivity index (χ1n) is 6.93. The first-order chi connectivity index (χ1) is 9.63. The Bertz CT molecular complexity index is 593. The molecule has 1 aliphatic rings. The average Bonchev–Trinajstić information content (AvgIpc) is 2.81. The lowest BCUT2D eigenvalue weighted by Crippen LogP contribution is -2.27. The topological polar surface area (TPSA) is 12.0 Å². The van der Waals surface area contributed by atoms with Crippen LogP contribution in [0.15, 0.2) is 34.1 Å². The number of halogens is 2. The van der Waals surface area contributed by atoms with Gasteiger partial charge in [-0.15, -0.1) is 11.3 Å². The van der Waals surface area contributed by atoms with Gasteiger partial charge in [0.1, 0.15) is 5.82 Å². The van der Waals surface area contributed by atoms with Crippen molar-refractivity contribution >= 4 is 27.3 Å². The van der Waals surface area contributed by atoms with Crippen molar-refractivity contribution in [1.82, 2.24) is 5.32 Å². The number of thiophene rings is 1. The number of rotatable bonds is 3. The molecule has 1 nitrogen and oxygen atoms in total. The van der Waals surface area contributed by atoms with Gasteiger partial charge in [-0.25, -0.2) is 4.39 Å². The van der Waals surface area contributed by atoms with Crippen LogP contribution in [0.3, 0.4) is 0 Å². The Hall–Kier alpha value is -0.710. The number of benzene rings is 1. The third-order valence-corrected chi connectivity index (χ3v) is 5.62. The summed E-state index contributed by atoms with van der Waals surface area (Å²) in [6.07, 6.45) is 3.59. The minimum atomic E-state index is -0.178. The van der Waals surface area contributed by atoms with E-state index < -0.39 is 0 Å². The van der Waals surface area contributed by atoms with Gasteiger partial charge in [0.2, 0.25) is 0 Å². The largest absolute Gasteiger partial charge is 0.303 e. The summed E-state index contributed by atoms with van der Waals surface area (Å²) in [7, 11) is 0. The normalized spacial score (nSPS) is 19.6. The van der Waals surface area contributed by atoms with Crippen molar-refractivity contribution in [3.63, 3.8) is 0 Å². The van der Waals surface area contributed by atoms with Gasteiger partial charge >= 0.3 is 0 Å². The molecule has 0 fully saturated rings. The van der Waals surface area contributed by atoms with E-state index in [0.717, 1.165) is 5.56 Å². The van der Waals surface area contributed by atoms with Crippen LogP contribution in [0.1, 0.15) is 47.9 Å². The predicted octanol–water partition coefficient (Wildman–Crippen LogP) is 5.38. The molecule has 1 heterocycles. The van der Waals surface area contributed by atoms with Crippen molar-refractivity contribution in [1.29, 1.82) is 0 Å². The van der Waals surface area contributed by atoms with Crippen LogP contribution in [0.2, 0.25) is 0 Å². The highest BCUT2D eigenvalue weighted by Gasteiger charge is 2.24. The van der Waals surface area contributed by atoms with E-state index in [1.807, 2.05) is 23.5 Å². The monoisotopic (exact) mass is 353 g/mol. The Kier molecular flexibility index (Phi) is 4.24. The van der Waals surface area contributed by atoms with Gasteiger partial charge < -0.3 is 5.32 Å². The van der Waals surface area contributed by atoms with E-state index in [-0.39, 0.29) is 11.9 Å². The molecular formula is C16H17BrFNS. The van der Waals surface area contributed by atoms with Crippen LogP contribution in [0.5, 0.6) is 0 Å². The van der Waals surface area contributed by atoms with Crippen molar-refractivity contribution in [2.75, 3.05) is 0 Å². The van der Waals surface area contributed by atoms with Crippen molar-refractivity contribution in [2.45, 2.75) is 38.3 Å². The fourth-order valence-corrected chi connectivity index (χ4v) is 4.66. The second kappa shape index (κ2) is 5.96. The average molecular weight is 354 g/mol. The van der Waals surface area contributed by atoms with Gasteiger partial charge in [0, 0.05) is 17.0 Å². The van der Waals surface area contributed by atoms with Gasteiger partial charge in [-0.1, -0.05) is 12.1 Å². The summed E-state index contributed by atoms with van der Waals surface area (Å²) < 4.78 is 14.2. The number of nitrogens with one attached hydrogen (secondary N) is 1. The zero-order chi connectivity index (χ0) is 14.1. The Labute approximate surface area is 131 Å². The van der Waals surface area contributed by atoms with Gasteiger partial charge in [-0.3, -0.25) is 0 Å². The van der Waals surface area contributed by atoms with Crippen molar-refractivity contribution < 1.29 is 4.39 Å². The molecule has 1 N–H and O–H groups in total. The third-order valence-electron chi connectivity index (χ3n) is 3.90. The lowest BCUT2D eigenvalue weighted by Gasteiger charge is -2.27. The molecule has 4 heteroatoms. The van der Waals surface area contributed by atoms with Crippen LogP contribution in [0.25, 0.3) is 0 Å². The molecule has 0 bridgehead atoms. The Morgan fingerprint density at radius 3 is 2.85 bits per heavy atom. The summed E-state index contributed by atoms with van der Waals surface area (Å²) >= 11 is 5.43. The first-order valence-corrected chi connectivity index (χ1v) is 8.54. The summed E-state index contributed by atoms with van der Waals surface area (Å²) in [6.45, 7) is 2.14. The standard InChI is InChI=1S/C16H17BrFNS/c1-10(11-5-7-12(18)8-6-11)19-14-3-2-4-15-13(14)9-16(17)20-15/h5-10,14,19H,2-4H2,1H3. The molecule has 2 aromatic rings. The number of aryl methyl sites for hydroxylation is 1. The first kappa shape index (κ1) is 14.2. The van der Waals surface area contributed by atoms with E-state index in [4.69, 9.17) is 0 Å². The van der Waals surface area contributed by atoms with Crippen molar-refractivity contribution in [3.8, 4) is 0 Å². The van der Waals surface area contributed by atoms with Crippen LogP contribution >= 0.6 is 27.3 Å². The number of fused-ring (bicyclic) bond motifs is 1. The molecular weight excluding hydrogens is 337 g/mol. The predicted molar refractivity (Wildman–Crippen MR) is 85.6 cm³/mol. The fraction of sp³-hybridized carbons (Fsp3) is 0.375. The summed E-state index contributed by atoms with van der Waals surface area (Å²) in [5, 5.41) is 3.69. The Balaban J connectivity index is 1.76. The molecule has 106 valence electrons. The van der Waals surface area contributed by atoms with Crippen LogP contribution < -0.4 is 5.32 Å². The summed E-state index contributed by atoms with van der Waals surface area (Å²) in [5.41, 5.74) is 2.56. The second-order valence-electron chi connectivity index (χ2n) is 5.31. The zero-order valence-electron chi connectivity index (χ0n) is 11.3. The van der Waals surface area contributed by atoms with Gasteiger partial charge in [0.25, 0.3) is 0 Å². The maximum absolute atomic E-state index is 13.0. The molecule has 0 spiro atoms. The summed E-state index contributed by atoms with van der Waals surface area (Å²) in [6, 6.07) is 9.66. The molecule has 1 aliphatic carbocycles. The van der Waals surface area contributed by atoms with Crippen LogP contribution in [0.4, 0.5) is 4.39 Å². The molecule has 0 amide bonds. The molecule has 0 radical (unpaired) electrons. The summed E-state index contributed by atoms with van der Waals surface area (Å²) in [4.78, 5) is 1.49. The molecule has 2 atom stereocenters. The van der Waals surface area contributed by atoms with E-state index in [1.165, 1.54) is 45.6 Å². The molecule has 2 unspecified atom stereocenters. The highest BCUT2D eigenvalue weighted by Crippen LogP contribution is 2.38. The van der Waals surface area contributed by atoms with Gasteiger partial charge in [-0.2, -0.15) is 0 Å².